The molecular weight excluding hydrogens is 240 g/mol. The van der Waals surface area contributed by atoms with E-state index in [0.29, 0.717) is 12.2 Å². The number of aromatic nitrogens is 2. The predicted octanol–water partition coefficient (Wildman–Crippen LogP) is 2.37. The van der Waals surface area contributed by atoms with Gasteiger partial charge in [-0.25, -0.2) is 4.98 Å². The van der Waals surface area contributed by atoms with Gasteiger partial charge in [0.25, 0.3) is 0 Å². The van der Waals surface area contributed by atoms with E-state index in [1.807, 2.05) is 6.92 Å². The molecule has 0 saturated heterocycles. The summed E-state index contributed by atoms with van der Waals surface area (Å²) in [4.78, 5) is 19.2. The molecule has 17 heavy (non-hydrogen) atoms. The molecule has 0 fully saturated rings. The van der Waals surface area contributed by atoms with E-state index in [4.69, 9.17) is 0 Å². The van der Waals surface area contributed by atoms with Crippen molar-refractivity contribution in [3.63, 3.8) is 0 Å². The van der Waals surface area contributed by atoms with E-state index in [0.717, 1.165) is 9.88 Å². The first-order valence-corrected chi connectivity index (χ1v) is 5.72. The van der Waals surface area contributed by atoms with Crippen LogP contribution in [0.3, 0.4) is 0 Å². The highest BCUT2D eigenvalue weighted by Crippen LogP contribution is 2.23. The maximum Gasteiger partial charge on any atom is 0.310 e. The highest BCUT2D eigenvalue weighted by molar-refractivity contribution is 7.11. The van der Waals surface area contributed by atoms with Crippen molar-refractivity contribution >= 4 is 22.7 Å². The Kier molecular flexibility index (Phi) is 3.29. The van der Waals surface area contributed by atoms with Crippen LogP contribution >= 0.6 is 11.3 Å². The van der Waals surface area contributed by atoms with Gasteiger partial charge >= 0.3 is 5.69 Å². The van der Waals surface area contributed by atoms with Crippen LogP contribution in [0.2, 0.25) is 0 Å². The Hall–Kier alpha value is -2.02. The minimum Gasteiger partial charge on any atom is -0.374 e. The van der Waals surface area contributed by atoms with E-state index >= 15 is 0 Å². The van der Waals surface area contributed by atoms with Gasteiger partial charge in [0.05, 0.1) is 16.5 Å². The van der Waals surface area contributed by atoms with Gasteiger partial charge < -0.3 is 5.32 Å². The number of nitrogens with one attached hydrogen (secondary N) is 1. The van der Waals surface area contributed by atoms with Crippen LogP contribution in [0.4, 0.5) is 11.4 Å². The van der Waals surface area contributed by atoms with Crippen LogP contribution in [0.5, 0.6) is 0 Å². The second kappa shape index (κ2) is 4.88. The van der Waals surface area contributed by atoms with E-state index in [9.17, 15) is 10.1 Å². The summed E-state index contributed by atoms with van der Waals surface area (Å²) in [5, 5.41) is 14.7. The lowest BCUT2D eigenvalue weighted by Gasteiger charge is -2.04. The maximum absolute atomic E-state index is 10.8. The summed E-state index contributed by atoms with van der Waals surface area (Å²) < 4.78 is 0. The number of nitro groups is 1. The minimum atomic E-state index is -0.451. The zero-order valence-corrected chi connectivity index (χ0v) is 9.90. The first-order valence-electron chi connectivity index (χ1n) is 4.90. The first kappa shape index (κ1) is 11.5. The van der Waals surface area contributed by atoms with Crippen molar-refractivity contribution in [1.29, 1.82) is 0 Å². The van der Waals surface area contributed by atoms with Crippen LogP contribution in [-0.2, 0) is 6.54 Å². The fourth-order valence-corrected chi connectivity index (χ4v) is 2.09. The third kappa shape index (κ3) is 2.76. The maximum atomic E-state index is 10.8. The van der Waals surface area contributed by atoms with E-state index in [2.05, 4.69) is 15.3 Å². The van der Waals surface area contributed by atoms with E-state index < -0.39 is 4.92 Å². The number of thiazole rings is 1. The zero-order chi connectivity index (χ0) is 12.3. The Morgan fingerprint density at radius 2 is 2.35 bits per heavy atom. The number of hydrogen-bond acceptors (Lipinski definition) is 6. The summed E-state index contributed by atoms with van der Waals surface area (Å²) in [6.45, 7) is 2.44. The van der Waals surface area contributed by atoms with Gasteiger partial charge in [-0.2, -0.15) is 0 Å². The lowest BCUT2D eigenvalue weighted by Crippen LogP contribution is -2.01. The van der Waals surface area contributed by atoms with E-state index in [1.165, 1.54) is 12.4 Å². The molecule has 0 unspecified atom stereocenters. The number of pyridine rings is 1. The summed E-state index contributed by atoms with van der Waals surface area (Å²) in [6.07, 6.45) is 4.52. The third-order valence-electron chi connectivity index (χ3n) is 2.12. The molecule has 0 aliphatic heterocycles. The first-order chi connectivity index (χ1) is 8.16. The highest BCUT2D eigenvalue weighted by Gasteiger charge is 2.12. The summed E-state index contributed by atoms with van der Waals surface area (Å²) in [5.41, 5.74) is 0.449. The van der Waals surface area contributed by atoms with Crippen LogP contribution in [0.1, 0.15) is 9.88 Å². The lowest BCUT2D eigenvalue weighted by atomic mass is 10.3. The molecule has 0 bridgehead atoms. The van der Waals surface area contributed by atoms with E-state index in [-0.39, 0.29) is 5.69 Å². The van der Waals surface area contributed by atoms with Crippen molar-refractivity contribution in [2.24, 2.45) is 0 Å². The quantitative estimate of drug-likeness (QED) is 0.665. The second-order valence-corrected chi connectivity index (χ2v) is 4.67. The number of anilines is 1. The molecule has 0 aliphatic carbocycles. The third-order valence-corrected chi connectivity index (χ3v) is 3.03. The Labute approximate surface area is 102 Å². The molecule has 0 aliphatic rings. The average Bonchev–Trinajstić information content (AvgIpc) is 2.73. The molecule has 0 radical (unpaired) electrons. The molecule has 2 aromatic rings. The molecule has 1 N–H and O–H groups in total. The topological polar surface area (TPSA) is 81.0 Å². The Morgan fingerprint density at radius 3 is 3.00 bits per heavy atom. The van der Waals surface area contributed by atoms with Crippen molar-refractivity contribution in [3.05, 3.63) is 44.7 Å². The van der Waals surface area contributed by atoms with Gasteiger partial charge in [0, 0.05) is 17.3 Å². The number of aryl methyl sites for hydroxylation is 1. The summed E-state index contributed by atoms with van der Waals surface area (Å²) >= 11 is 1.56. The van der Waals surface area contributed by atoms with Gasteiger partial charge in [0.1, 0.15) is 11.9 Å². The molecule has 6 nitrogen and oxygen atoms in total. The molecule has 0 aromatic carbocycles. The molecule has 0 saturated carbocycles. The monoisotopic (exact) mass is 250 g/mol. The van der Waals surface area contributed by atoms with Crippen LogP contribution in [0.15, 0.2) is 24.7 Å². The fraction of sp³-hybridized carbons (Fsp3) is 0.200. The molecule has 0 spiro atoms. The molecule has 0 atom stereocenters. The fourth-order valence-electron chi connectivity index (χ4n) is 1.35. The molecule has 2 aromatic heterocycles. The van der Waals surface area contributed by atoms with Crippen molar-refractivity contribution < 1.29 is 4.92 Å². The van der Waals surface area contributed by atoms with Crippen molar-refractivity contribution in [2.45, 2.75) is 13.5 Å². The molecule has 0 amide bonds. The normalized spacial score (nSPS) is 10.2. The van der Waals surface area contributed by atoms with Gasteiger partial charge in [-0.15, -0.1) is 11.3 Å². The summed E-state index contributed by atoms with van der Waals surface area (Å²) in [7, 11) is 0. The molecule has 7 heteroatoms. The van der Waals surface area contributed by atoms with Crippen LogP contribution < -0.4 is 5.32 Å². The Balaban J connectivity index is 2.11. The highest BCUT2D eigenvalue weighted by atomic mass is 32.1. The smallest absolute Gasteiger partial charge is 0.310 e. The number of rotatable bonds is 4. The van der Waals surface area contributed by atoms with Crippen molar-refractivity contribution in [3.8, 4) is 0 Å². The predicted molar refractivity (Wildman–Crippen MR) is 65.1 cm³/mol. The SMILES string of the molecule is Cc1ncc(CNc2ccncc2[N+](=O)[O-])s1. The summed E-state index contributed by atoms with van der Waals surface area (Å²) in [5.74, 6) is 0. The van der Waals surface area contributed by atoms with Gasteiger partial charge in [0.15, 0.2) is 0 Å². The minimum absolute atomic E-state index is 0.0197. The molecular formula is C10H10N4O2S. The van der Waals surface area contributed by atoms with Crippen LogP contribution in [-0.4, -0.2) is 14.9 Å². The van der Waals surface area contributed by atoms with Gasteiger partial charge in [-0.1, -0.05) is 0 Å². The number of nitrogens with zero attached hydrogens (tertiary/aromatic N) is 3. The molecule has 88 valence electrons. The van der Waals surface area contributed by atoms with Gasteiger partial charge in [0.2, 0.25) is 0 Å². The van der Waals surface area contributed by atoms with Crippen molar-refractivity contribution in [2.75, 3.05) is 5.32 Å². The molecule has 2 heterocycles. The Bertz CT molecular complexity index is 541. The Morgan fingerprint density at radius 1 is 1.53 bits per heavy atom. The van der Waals surface area contributed by atoms with E-state index in [1.54, 1.807) is 23.6 Å². The standard InChI is InChI=1S/C10H10N4O2S/c1-7-12-4-8(17-7)5-13-9-2-3-11-6-10(9)14(15)16/h2-4,6H,5H2,1H3,(H,11,13). The van der Waals surface area contributed by atoms with Crippen LogP contribution in [0.25, 0.3) is 0 Å². The van der Waals surface area contributed by atoms with Gasteiger partial charge in [-0.3, -0.25) is 15.1 Å². The number of hydrogen-bond donors (Lipinski definition) is 1. The summed E-state index contributed by atoms with van der Waals surface area (Å²) in [6, 6.07) is 1.59. The average molecular weight is 250 g/mol. The largest absolute Gasteiger partial charge is 0.374 e. The van der Waals surface area contributed by atoms with Gasteiger partial charge in [-0.05, 0) is 13.0 Å². The second-order valence-electron chi connectivity index (χ2n) is 3.35. The zero-order valence-electron chi connectivity index (χ0n) is 9.08. The lowest BCUT2D eigenvalue weighted by molar-refractivity contribution is -0.384. The molecule has 2 rings (SSSR count). The van der Waals surface area contributed by atoms with Crippen molar-refractivity contribution in [1.82, 2.24) is 9.97 Å². The van der Waals surface area contributed by atoms with Crippen LogP contribution in [0, 0.1) is 17.0 Å².